The van der Waals surface area contributed by atoms with Gasteiger partial charge in [0.1, 0.15) is 0 Å². The number of rotatable bonds is 7. The summed E-state index contributed by atoms with van der Waals surface area (Å²) in [6.45, 7) is 5.48. The first-order chi connectivity index (χ1) is 10.8. The van der Waals surface area contributed by atoms with Crippen LogP contribution in [-0.2, 0) is 16.0 Å². The van der Waals surface area contributed by atoms with Gasteiger partial charge in [0.25, 0.3) is 0 Å². The van der Waals surface area contributed by atoms with Crippen molar-refractivity contribution in [2.45, 2.75) is 19.3 Å². The van der Waals surface area contributed by atoms with Gasteiger partial charge in [-0.15, -0.1) is 0 Å². The molecule has 0 spiro atoms. The predicted octanol–water partition coefficient (Wildman–Crippen LogP) is 1.70. The standard InChI is InChI=1S/C18H26N2O2/c21-18(20-13-16-11-19-12-17(16)14-20)7-4-9-22-10-8-15-5-2-1-3-6-15/h1-3,5-6,16-17,19H,4,7-14H2/t16-,17+. The van der Waals surface area contributed by atoms with Crippen molar-refractivity contribution in [3.63, 3.8) is 0 Å². The summed E-state index contributed by atoms with van der Waals surface area (Å²) in [6, 6.07) is 10.4. The maximum Gasteiger partial charge on any atom is 0.222 e. The zero-order valence-electron chi connectivity index (χ0n) is 13.2. The summed E-state index contributed by atoms with van der Waals surface area (Å²) in [5, 5.41) is 3.41. The fourth-order valence-electron chi connectivity index (χ4n) is 3.48. The Morgan fingerprint density at radius 2 is 1.86 bits per heavy atom. The van der Waals surface area contributed by atoms with Gasteiger partial charge < -0.3 is 15.0 Å². The van der Waals surface area contributed by atoms with E-state index in [1.165, 1.54) is 5.56 Å². The Hall–Kier alpha value is -1.39. The van der Waals surface area contributed by atoms with Crippen LogP contribution < -0.4 is 5.32 Å². The molecule has 4 nitrogen and oxygen atoms in total. The van der Waals surface area contributed by atoms with Gasteiger partial charge in [0, 0.05) is 39.2 Å². The molecule has 22 heavy (non-hydrogen) atoms. The van der Waals surface area contributed by atoms with Crippen LogP contribution in [0.15, 0.2) is 30.3 Å². The fourth-order valence-corrected chi connectivity index (χ4v) is 3.48. The lowest BCUT2D eigenvalue weighted by molar-refractivity contribution is -0.130. The van der Waals surface area contributed by atoms with Crippen molar-refractivity contribution >= 4 is 5.91 Å². The number of ether oxygens (including phenoxy) is 1. The van der Waals surface area contributed by atoms with Crippen LogP contribution in [0.1, 0.15) is 18.4 Å². The Morgan fingerprint density at radius 1 is 1.14 bits per heavy atom. The molecule has 1 N–H and O–H groups in total. The molecule has 2 heterocycles. The smallest absolute Gasteiger partial charge is 0.222 e. The van der Waals surface area contributed by atoms with Crippen molar-refractivity contribution in [2.24, 2.45) is 11.8 Å². The normalized spacial score (nSPS) is 23.7. The fraction of sp³-hybridized carbons (Fsp3) is 0.611. The summed E-state index contributed by atoms with van der Waals surface area (Å²) in [4.78, 5) is 14.2. The van der Waals surface area contributed by atoms with Crippen LogP contribution in [0.4, 0.5) is 0 Å². The molecule has 2 atom stereocenters. The predicted molar refractivity (Wildman–Crippen MR) is 86.6 cm³/mol. The van der Waals surface area contributed by atoms with E-state index < -0.39 is 0 Å². The Balaban J connectivity index is 1.25. The van der Waals surface area contributed by atoms with Crippen molar-refractivity contribution in [1.82, 2.24) is 10.2 Å². The summed E-state index contributed by atoms with van der Waals surface area (Å²) in [7, 11) is 0. The molecule has 0 radical (unpaired) electrons. The second-order valence-electron chi connectivity index (χ2n) is 6.43. The highest BCUT2D eigenvalue weighted by atomic mass is 16.5. The lowest BCUT2D eigenvalue weighted by Crippen LogP contribution is -2.31. The van der Waals surface area contributed by atoms with E-state index in [-0.39, 0.29) is 0 Å². The Kier molecular flexibility index (Phi) is 5.46. The van der Waals surface area contributed by atoms with Crippen LogP contribution in [-0.4, -0.2) is 50.2 Å². The van der Waals surface area contributed by atoms with Crippen LogP contribution in [0.5, 0.6) is 0 Å². The van der Waals surface area contributed by atoms with Crippen molar-refractivity contribution in [3.05, 3.63) is 35.9 Å². The van der Waals surface area contributed by atoms with Gasteiger partial charge in [-0.05, 0) is 30.2 Å². The largest absolute Gasteiger partial charge is 0.381 e. The molecule has 1 amide bonds. The zero-order valence-corrected chi connectivity index (χ0v) is 13.2. The number of likely N-dealkylation sites (tertiary alicyclic amines) is 1. The summed E-state index contributed by atoms with van der Waals surface area (Å²) in [5.74, 6) is 1.68. The minimum absolute atomic E-state index is 0.307. The molecule has 1 aromatic carbocycles. The van der Waals surface area contributed by atoms with E-state index >= 15 is 0 Å². The Morgan fingerprint density at radius 3 is 2.59 bits per heavy atom. The molecule has 0 saturated carbocycles. The molecule has 3 rings (SSSR count). The van der Waals surface area contributed by atoms with E-state index in [4.69, 9.17) is 4.74 Å². The SMILES string of the molecule is O=C(CCCOCCc1ccccc1)N1C[C@H]2CNC[C@H]2C1. The summed E-state index contributed by atoms with van der Waals surface area (Å²) < 4.78 is 5.64. The number of nitrogens with one attached hydrogen (secondary N) is 1. The van der Waals surface area contributed by atoms with E-state index in [9.17, 15) is 4.79 Å². The van der Waals surface area contributed by atoms with Gasteiger partial charge >= 0.3 is 0 Å². The number of fused-ring (bicyclic) bond motifs is 1. The van der Waals surface area contributed by atoms with Gasteiger partial charge in [0.15, 0.2) is 0 Å². The van der Waals surface area contributed by atoms with Crippen molar-refractivity contribution in [2.75, 3.05) is 39.4 Å². The number of carbonyl (C=O) groups is 1. The molecule has 2 aliphatic heterocycles. The van der Waals surface area contributed by atoms with Crippen molar-refractivity contribution < 1.29 is 9.53 Å². The first kappa shape index (κ1) is 15.5. The molecule has 120 valence electrons. The molecular formula is C18H26N2O2. The van der Waals surface area contributed by atoms with E-state index in [1.54, 1.807) is 0 Å². The second kappa shape index (κ2) is 7.75. The summed E-state index contributed by atoms with van der Waals surface area (Å²) in [6.07, 6.45) is 2.40. The van der Waals surface area contributed by atoms with Crippen LogP contribution in [0.25, 0.3) is 0 Å². The summed E-state index contributed by atoms with van der Waals surface area (Å²) in [5.41, 5.74) is 1.30. The van der Waals surface area contributed by atoms with Crippen LogP contribution >= 0.6 is 0 Å². The molecule has 0 bridgehead atoms. The van der Waals surface area contributed by atoms with E-state index in [1.807, 2.05) is 6.07 Å². The maximum absolute atomic E-state index is 12.2. The maximum atomic E-state index is 12.2. The number of nitrogens with zero attached hydrogens (tertiary/aromatic N) is 1. The summed E-state index contributed by atoms with van der Waals surface area (Å²) >= 11 is 0. The molecule has 1 aromatic rings. The molecule has 0 unspecified atom stereocenters. The van der Waals surface area contributed by atoms with E-state index in [0.29, 0.717) is 30.8 Å². The number of benzene rings is 1. The van der Waals surface area contributed by atoms with E-state index in [2.05, 4.69) is 34.5 Å². The van der Waals surface area contributed by atoms with Gasteiger partial charge in [-0.25, -0.2) is 0 Å². The highest BCUT2D eigenvalue weighted by Crippen LogP contribution is 2.26. The first-order valence-electron chi connectivity index (χ1n) is 8.43. The third-order valence-corrected chi connectivity index (χ3v) is 4.80. The van der Waals surface area contributed by atoms with Gasteiger partial charge in [0.2, 0.25) is 5.91 Å². The molecule has 2 fully saturated rings. The Bertz CT molecular complexity index is 465. The molecule has 0 aromatic heterocycles. The highest BCUT2D eigenvalue weighted by Gasteiger charge is 2.37. The molecule has 2 saturated heterocycles. The van der Waals surface area contributed by atoms with Gasteiger partial charge in [-0.1, -0.05) is 30.3 Å². The van der Waals surface area contributed by atoms with Gasteiger partial charge in [-0.3, -0.25) is 4.79 Å². The number of amides is 1. The quantitative estimate of drug-likeness (QED) is 0.780. The minimum Gasteiger partial charge on any atom is -0.381 e. The highest BCUT2D eigenvalue weighted by molar-refractivity contribution is 5.76. The lowest BCUT2D eigenvalue weighted by Gasteiger charge is -2.17. The average Bonchev–Trinajstić information content (AvgIpc) is 3.13. The van der Waals surface area contributed by atoms with E-state index in [0.717, 1.165) is 45.6 Å². The number of hydrogen-bond acceptors (Lipinski definition) is 3. The third-order valence-electron chi connectivity index (χ3n) is 4.80. The molecule has 0 aliphatic carbocycles. The topological polar surface area (TPSA) is 41.6 Å². The lowest BCUT2D eigenvalue weighted by atomic mass is 10.0. The molecule has 4 heteroatoms. The average molecular weight is 302 g/mol. The van der Waals surface area contributed by atoms with Gasteiger partial charge in [0.05, 0.1) is 6.61 Å². The molecule has 2 aliphatic rings. The first-order valence-corrected chi connectivity index (χ1v) is 8.43. The third kappa shape index (κ3) is 4.08. The zero-order chi connectivity index (χ0) is 15.2. The number of hydrogen-bond donors (Lipinski definition) is 1. The number of carbonyl (C=O) groups excluding carboxylic acids is 1. The minimum atomic E-state index is 0.307. The Labute approximate surface area is 132 Å². The van der Waals surface area contributed by atoms with Crippen LogP contribution in [0.2, 0.25) is 0 Å². The monoisotopic (exact) mass is 302 g/mol. The second-order valence-corrected chi connectivity index (χ2v) is 6.43. The van der Waals surface area contributed by atoms with Crippen molar-refractivity contribution in [1.29, 1.82) is 0 Å². The van der Waals surface area contributed by atoms with Crippen molar-refractivity contribution in [3.8, 4) is 0 Å². The van der Waals surface area contributed by atoms with Gasteiger partial charge in [-0.2, -0.15) is 0 Å². The molecular weight excluding hydrogens is 276 g/mol. The van der Waals surface area contributed by atoms with Crippen LogP contribution in [0.3, 0.4) is 0 Å². The van der Waals surface area contributed by atoms with Crippen LogP contribution in [0, 0.1) is 11.8 Å².